The van der Waals surface area contributed by atoms with Gasteiger partial charge in [-0.1, -0.05) is 0 Å². The lowest BCUT2D eigenvalue weighted by Gasteiger charge is -2.36. The number of carboxylic acids is 1. The molecule has 2 N–H and O–H groups in total. The standard InChI is InChI=1S/C14H24N2O5/c1-16(9-11-3-2-6-21-10-11)13(19)15-14(12(17)18)4-7-20-8-5-14/h11H,2-10H2,1H3,(H,15,19)(H,17,18). The summed E-state index contributed by atoms with van der Waals surface area (Å²) in [5, 5.41) is 12.1. The predicted molar refractivity (Wildman–Crippen MR) is 75.1 cm³/mol. The molecule has 2 amide bonds. The number of aliphatic carboxylic acids is 1. The number of urea groups is 1. The van der Waals surface area contributed by atoms with Gasteiger partial charge in [-0.25, -0.2) is 9.59 Å². The SMILES string of the molecule is CN(CC1CCCOC1)C(=O)NC1(C(=O)O)CCOCC1. The van der Waals surface area contributed by atoms with Crippen LogP contribution in [0.4, 0.5) is 4.79 Å². The molecule has 0 spiro atoms. The lowest BCUT2D eigenvalue weighted by atomic mass is 9.90. The van der Waals surface area contributed by atoms with Crippen LogP contribution in [0, 0.1) is 5.92 Å². The number of rotatable bonds is 4. The molecule has 0 aliphatic carbocycles. The number of ether oxygens (including phenoxy) is 2. The molecule has 120 valence electrons. The molecule has 0 saturated carbocycles. The van der Waals surface area contributed by atoms with Gasteiger partial charge >= 0.3 is 12.0 Å². The van der Waals surface area contributed by atoms with Crippen LogP contribution in [-0.4, -0.2) is 67.6 Å². The molecule has 0 radical (unpaired) electrons. The van der Waals surface area contributed by atoms with Crippen LogP contribution in [0.25, 0.3) is 0 Å². The number of nitrogens with zero attached hydrogens (tertiary/aromatic N) is 1. The maximum atomic E-state index is 12.3. The van der Waals surface area contributed by atoms with Gasteiger partial charge in [0.25, 0.3) is 0 Å². The average Bonchev–Trinajstić information content (AvgIpc) is 2.49. The molecular weight excluding hydrogens is 276 g/mol. The quantitative estimate of drug-likeness (QED) is 0.797. The van der Waals surface area contributed by atoms with Crippen molar-refractivity contribution in [3.8, 4) is 0 Å². The van der Waals surface area contributed by atoms with Crippen LogP contribution in [0.1, 0.15) is 25.7 Å². The fourth-order valence-electron chi connectivity index (χ4n) is 2.83. The normalized spacial score (nSPS) is 25.1. The van der Waals surface area contributed by atoms with Crippen molar-refractivity contribution in [2.24, 2.45) is 5.92 Å². The minimum Gasteiger partial charge on any atom is -0.480 e. The fraction of sp³-hybridized carbons (Fsp3) is 0.857. The van der Waals surface area contributed by atoms with E-state index >= 15 is 0 Å². The van der Waals surface area contributed by atoms with E-state index in [1.54, 1.807) is 11.9 Å². The van der Waals surface area contributed by atoms with Crippen LogP contribution in [-0.2, 0) is 14.3 Å². The van der Waals surface area contributed by atoms with Gasteiger partial charge in [-0.05, 0) is 12.8 Å². The molecule has 21 heavy (non-hydrogen) atoms. The highest BCUT2D eigenvalue weighted by molar-refractivity contribution is 5.86. The molecule has 2 heterocycles. The Morgan fingerprint density at radius 1 is 1.29 bits per heavy atom. The Morgan fingerprint density at radius 2 is 2.00 bits per heavy atom. The Kier molecular flexibility index (Phi) is 5.41. The summed E-state index contributed by atoms with van der Waals surface area (Å²) in [5.74, 6) is -0.668. The largest absolute Gasteiger partial charge is 0.480 e. The van der Waals surface area contributed by atoms with E-state index in [9.17, 15) is 14.7 Å². The third-order valence-corrected chi connectivity index (χ3v) is 4.24. The molecular formula is C14H24N2O5. The average molecular weight is 300 g/mol. The summed E-state index contributed by atoms with van der Waals surface area (Å²) >= 11 is 0. The zero-order chi connectivity index (χ0) is 15.3. The second-order valence-corrected chi connectivity index (χ2v) is 5.89. The smallest absolute Gasteiger partial charge is 0.329 e. The topological polar surface area (TPSA) is 88.1 Å². The van der Waals surface area contributed by atoms with Crippen molar-refractivity contribution in [3.63, 3.8) is 0 Å². The predicted octanol–water partition coefficient (Wildman–Crippen LogP) is 0.688. The van der Waals surface area contributed by atoms with Crippen LogP contribution in [0.5, 0.6) is 0 Å². The number of hydrogen-bond donors (Lipinski definition) is 2. The molecule has 0 bridgehead atoms. The second kappa shape index (κ2) is 7.09. The number of nitrogens with one attached hydrogen (secondary N) is 1. The van der Waals surface area contributed by atoms with E-state index in [2.05, 4.69) is 5.32 Å². The van der Waals surface area contributed by atoms with Gasteiger partial charge in [0.2, 0.25) is 0 Å². The van der Waals surface area contributed by atoms with Crippen molar-refractivity contribution in [1.82, 2.24) is 10.2 Å². The molecule has 2 saturated heterocycles. The molecule has 7 heteroatoms. The van der Waals surface area contributed by atoms with Crippen LogP contribution in [0.15, 0.2) is 0 Å². The van der Waals surface area contributed by atoms with Crippen molar-refractivity contribution in [2.75, 3.05) is 40.0 Å². The first-order valence-corrected chi connectivity index (χ1v) is 7.46. The number of carbonyl (C=O) groups is 2. The first-order valence-electron chi connectivity index (χ1n) is 7.46. The molecule has 2 rings (SSSR count). The highest BCUT2D eigenvalue weighted by Gasteiger charge is 2.42. The van der Waals surface area contributed by atoms with E-state index < -0.39 is 11.5 Å². The van der Waals surface area contributed by atoms with Crippen LogP contribution in [0.3, 0.4) is 0 Å². The van der Waals surface area contributed by atoms with Crippen molar-refractivity contribution in [2.45, 2.75) is 31.2 Å². The maximum absolute atomic E-state index is 12.3. The summed E-state index contributed by atoms with van der Waals surface area (Å²) in [7, 11) is 1.69. The van der Waals surface area contributed by atoms with Gasteiger partial charge in [-0.15, -0.1) is 0 Å². The monoisotopic (exact) mass is 300 g/mol. The number of amides is 2. The van der Waals surface area contributed by atoms with E-state index in [0.29, 0.717) is 45.1 Å². The number of hydrogen-bond acceptors (Lipinski definition) is 4. The van der Waals surface area contributed by atoms with E-state index in [0.717, 1.165) is 19.4 Å². The molecule has 7 nitrogen and oxygen atoms in total. The van der Waals surface area contributed by atoms with Crippen molar-refractivity contribution in [1.29, 1.82) is 0 Å². The summed E-state index contributed by atoms with van der Waals surface area (Å²) in [6.45, 7) is 2.74. The minimum atomic E-state index is -1.20. The van der Waals surface area contributed by atoms with Gasteiger partial charge < -0.3 is 24.8 Å². The summed E-state index contributed by atoms with van der Waals surface area (Å²) in [5.41, 5.74) is -1.20. The van der Waals surface area contributed by atoms with E-state index in [4.69, 9.17) is 9.47 Å². The van der Waals surface area contributed by atoms with Crippen LogP contribution >= 0.6 is 0 Å². The van der Waals surface area contributed by atoms with Gasteiger partial charge in [-0.3, -0.25) is 0 Å². The first kappa shape index (κ1) is 16.0. The maximum Gasteiger partial charge on any atom is 0.329 e. The molecule has 1 unspecified atom stereocenters. The lowest BCUT2D eigenvalue weighted by Crippen LogP contribution is -2.60. The molecule has 0 aromatic rings. The minimum absolute atomic E-state index is 0.300. The zero-order valence-electron chi connectivity index (χ0n) is 12.5. The fourth-order valence-corrected chi connectivity index (χ4v) is 2.83. The highest BCUT2D eigenvalue weighted by atomic mass is 16.5. The van der Waals surface area contributed by atoms with Gasteiger partial charge in [0.15, 0.2) is 0 Å². The summed E-state index contributed by atoms with van der Waals surface area (Å²) in [6, 6.07) is -0.343. The Bertz CT molecular complexity index is 376. The Morgan fingerprint density at radius 3 is 2.57 bits per heavy atom. The summed E-state index contributed by atoms with van der Waals surface area (Å²) < 4.78 is 10.6. The van der Waals surface area contributed by atoms with Crippen molar-refractivity contribution < 1.29 is 24.2 Å². The highest BCUT2D eigenvalue weighted by Crippen LogP contribution is 2.22. The lowest BCUT2D eigenvalue weighted by molar-refractivity contribution is -0.148. The van der Waals surface area contributed by atoms with E-state index in [1.807, 2.05) is 0 Å². The molecule has 1 atom stereocenters. The zero-order valence-corrected chi connectivity index (χ0v) is 12.5. The van der Waals surface area contributed by atoms with Gasteiger partial charge in [0, 0.05) is 52.2 Å². The van der Waals surface area contributed by atoms with Gasteiger partial charge in [0.1, 0.15) is 5.54 Å². The molecule has 2 aliphatic rings. The number of carboxylic acid groups (broad SMARTS) is 1. The number of carbonyl (C=O) groups excluding carboxylic acids is 1. The molecule has 2 fully saturated rings. The van der Waals surface area contributed by atoms with Crippen LogP contribution < -0.4 is 5.32 Å². The third kappa shape index (κ3) is 4.07. The Labute approximate surface area is 124 Å². The Balaban J connectivity index is 1.90. The second-order valence-electron chi connectivity index (χ2n) is 5.89. The van der Waals surface area contributed by atoms with E-state index in [-0.39, 0.29) is 6.03 Å². The van der Waals surface area contributed by atoms with E-state index in [1.165, 1.54) is 0 Å². The van der Waals surface area contributed by atoms with Gasteiger partial charge in [-0.2, -0.15) is 0 Å². The first-order chi connectivity index (χ1) is 10.0. The molecule has 0 aromatic carbocycles. The van der Waals surface area contributed by atoms with Gasteiger partial charge in [0.05, 0.1) is 6.61 Å². The third-order valence-electron chi connectivity index (χ3n) is 4.24. The van der Waals surface area contributed by atoms with Crippen molar-refractivity contribution >= 4 is 12.0 Å². The molecule has 2 aliphatic heterocycles. The van der Waals surface area contributed by atoms with Crippen LogP contribution in [0.2, 0.25) is 0 Å². The Hall–Kier alpha value is -1.34. The van der Waals surface area contributed by atoms with Crippen molar-refractivity contribution in [3.05, 3.63) is 0 Å². The summed E-state index contributed by atoms with van der Waals surface area (Å²) in [4.78, 5) is 25.3. The molecule has 0 aromatic heterocycles. The summed E-state index contributed by atoms with van der Waals surface area (Å²) in [6.07, 6.45) is 2.65.